The molecule has 0 aliphatic carbocycles. The minimum absolute atomic E-state index is 0.163. The minimum Gasteiger partial charge on any atom is -0.310 e. The van der Waals surface area contributed by atoms with Crippen LogP contribution in [0, 0.1) is 0 Å². The highest BCUT2D eigenvalue weighted by atomic mass is 35.5. The van der Waals surface area contributed by atoms with Crippen LogP contribution in [-0.2, 0) is 7.05 Å². The summed E-state index contributed by atoms with van der Waals surface area (Å²) in [6, 6.07) is 20.5. The van der Waals surface area contributed by atoms with E-state index in [4.69, 9.17) is 11.6 Å². The predicted molar refractivity (Wildman–Crippen MR) is 160 cm³/mol. The van der Waals surface area contributed by atoms with E-state index in [1.54, 1.807) is 23.9 Å². The predicted octanol–water partition coefficient (Wildman–Crippen LogP) is 7.90. The SMILES string of the molecule is CSc1ccc2ncccc2c1NC(=O)Nc1c(-c2ccccc2Cl)c2cc(C(C)C)ccc2n(C)c1=O. The first-order chi connectivity index (χ1) is 18.3. The Morgan fingerprint density at radius 3 is 2.47 bits per heavy atom. The number of thioether (sulfide) groups is 1. The molecule has 0 unspecified atom stereocenters. The van der Waals surface area contributed by atoms with Crippen LogP contribution in [0.1, 0.15) is 25.3 Å². The quantitative estimate of drug-likeness (QED) is 0.221. The van der Waals surface area contributed by atoms with Crippen molar-refractivity contribution in [2.75, 3.05) is 16.9 Å². The van der Waals surface area contributed by atoms with E-state index in [1.165, 1.54) is 11.8 Å². The smallest absolute Gasteiger partial charge is 0.310 e. The largest absolute Gasteiger partial charge is 0.323 e. The third-order valence-corrected chi connectivity index (χ3v) is 7.78. The third kappa shape index (κ3) is 4.64. The van der Waals surface area contributed by atoms with E-state index >= 15 is 0 Å². The van der Waals surface area contributed by atoms with Crippen LogP contribution in [0.25, 0.3) is 32.9 Å². The molecule has 6 nitrogen and oxygen atoms in total. The maximum absolute atomic E-state index is 13.7. The first-order valence-electron chi connectivity index (χ1n) is 12.2. The highest BCUT2D eigenvalue weighted by Crippen LogP contribution is 2.39. The Morgan fingerprint density at radius 1 is 0.974 bits per heavy atom. The first-order valence-corrected chi connectivity index (χ1v) is 13.8. The molecule has 2 heterocycles. The summed E-state index contributed by atoms with van der Waals surface area (Å²) in [7, 11) is 1.71. The van der Waals surface area contributed by atoms with Gasteiger partial charge in [-0.2, -0.15) is 0 Å². The van der Waals surface area contributed by atoms with Crippen molar-refractivity contribution in [3.05, 3.63) is 93.9 Å². The fourth-order valence-corrected chi connectivity index (χ4v) is 5.47. The molecule has 5 rings (SSSR count). The van der Waals surface area contributed by atoms with Gasteiger partial charge in [0.1, 0.15) is 5.69 Å². The van der Waals surface area contributed by atoms with Gasteiger partial charge >= 0.3 is 6.03 Å². The number of aryl methyl sites for hydroxylation is 1. The molecule has 0 aliphatic heterocycles. The van der Waals surface area contributed by atoms with Gasteiger partial charge in [0.25, 0.3) is 5.56 Å². The topological polar surface area (TPSA) is 76.0 Å². The van der Waals surface area contributed by atoms with Crippen LogP contribution in [0.5, 0.6) is 0 Å². The Labute approximate surface area is 230 Å². The molecule has 0 saturated carbocycles. The number of aromatic nitrogens is 2. The molecular formula is C30H27ClN4O2S. The van der Waals surface area contributed by atoms with E-state index in [0.717, 1.165) is 32.3 Å². The molecule has 2 amide bonds. The van der Waals surface area contributed by atoms with Crippen molar-refractivity contribution in [1.82, 2.24) is 9.55 Å². The van der Waals surface area contributed by atoms with Crippen molar-refractivity contribution < 1.29 is 4.79 Å². The summed E-state index contributed by atoms with van der Waals surface area (Å²) in [5.41, 5.74) is 4.38. The third-order valence-electron chi connectivity index (χ3n) is 6.67. The molecule has 2 N–H and O–H groups in total. The van der Waals surface area contributed by atoms with E-state index in [1.807, 2.05) is 60.9 Å². The second kappa shape index (κ2) is 10.5. The normalized spacial score (nSPS) is 11.3. The number of benzene rings is 3. The number of amides is 2. The zero-order chi connectivity index (χ0) is 27.0. The lowest BCUT2D eigenvalue weighted by Crippen LogP contribution is -2.28. The number of nitrogens with zero attached hydrogens (tertiary/aromatic N) is 2. The fourth-order valence-electron chi connectivity index (χ4n) is 4.67. The van der Waals surface area contributed by atoms with Gasteiger partial charge in [0.15, 0.2) is 0 Å². The van der Waals surface area contributed by atoms with Crippen molar-refractivity contribution in [2.45, 2.75) is 24.7 Å². The van der Waals surface area contributed by atoms with Crippen LogP contribution in [0.3, 0.4) is 0 Å². The standard InChI is InChI=1S/C30H27ClN4O2S/c1-17(2)18-11-13-24-21(16-18)26(19-8-5-6-10-22(19)31)28(29(36)35(24)3)34-30(37)33-27-20-9-7-15-32-23(20)12-14-25(27)38-4/h5-17H,1-4H3,(H2,33,34,37). The average Bonchev–Trinajstić information content (AvgIpc) is 2.92. The fraction of sp³-hybridized carbons (Fsp3) is 0.167. The lowest BCUT2D eigenvalue weighted by molar-refractivity contribution is 0.262. The number of carbonyl (C=O) groups excluding carboxylic acids is 1. The molecule has 0 saturated heterocycles. The second-order valence-corrected chi connectivity index (χ2v) is 10.6. The molecule has 192 valence electrons. The van der Waals surface area contributed by atoms with Gasteiger partial charge in [0.2, 0.25) is 0 Å². The summed E-state index contributed by atoms with van der Waals surface area (Å²) in [6.07, 6.45) is 3.66. The molecule has 0 bridgehead atoms. The molecule has 0 spiro atoms. The zero-order valence-electron chi connectivity index (χ0n) is 21.5. The van der Waals surface area contributed by atoms with Crippen LogP contribution >= 0.6 is 23.4 Å². The number of urea groups is 1. The number of rotatable bonds is 5. The molecule has 38 heavy (non-hydrogen) atoms. The van der Waals surface area contributed by atoms with Crippen molar-refractivity contribution in [3.63, 3.8) is 0 Å². The zero-order valence-corrected chi connectivity index (χ0v) is 23.1. The van der Waals surface area contributed by atoms with Crippen LogP contribution in [0.15, 0.2) is 82.6 Å². The molecule has 0 atom stereocenters. The average molecular weight is 543 g/mol. The van der Waals surface area contributed by atoms with Gasteiger partial charge in [0, 0.05) is 45.1 Å². The van der Waals surface area contributed by atoms with Crippen molar-refractivity contribution in [1.29, 1.82) is 0 Å². The number of halogens is 1. The number of hydrogen-bond donors (Lipinski definition) is 2. The summed E-state index contributed by atoms with van der Waals surface area (Å²) in [5, 5.41) is 8.00. The van der Waals surface area contributed by atoms with Crippen molar-refractivity contribution in [2.24, 2.45) is 7.05 Å². The van der Waals surface area contributed by atoms with E-state index in [-0.39, 0.29) is 17.2 Å². The van der Waals surface area contributed by atoms with Crippen LogP contribution < -0.4 is 16.2 Å². The number of anilines is 2. The summed E-state index contributed by atoms with van der Waals surface area (Å²) in [5.74, 6) is 0.278. The van der Waals surface area contributed by atoms with Crippen LogP contribution in [0.2, 0.25) is 5.02 Å². The summed E-state index contributed by atoms with van der Waals surface area (Å²) >= 11 is 8.17. The van der Waals surface area contributed by atoms with Gasteiger partial charge in [-0.3, -0.25) is 9.78 Å². The van der Waals surface area contributed by atoms with Gasteiger partial charge in [-0.15, -0.1) is 11.8 Å². The molecule has 3 aromatic carbocycles. The molecule has 2 aromatic heterocycles. The number of nitrogens with one attached hydrogen (secondary N) is 2. The number of carbonyl (C=O) groups is 1. The monoisotopic (exact) mass is 542 g/mol. The van der Waals surface area contributed by atoms with Gasteiger partial charge in [-0.05, 0) is 60.2 Å². The Morgan fingerprint density at radius 2 is 1.74 bits per heavy atom. The number of hydrogen-bond acceptors (Lipinski definition) is 4. The maximum Gasteiger partial charge on any atom is 0.323 e. The highest BCUT2D eigenvalue weighted by Gasteiger charge is 2.22. The first kappa shape index (κ1) is 25.8. The molecule has 0 fully saturated rings. The summed E-state index contributed by atoms with van der Waals surface area (Å²) in [4.78, 5) is 32.5. The summed E-state index contributed by atoms with van der Waals surface area (Å²) in [6.45, 7) is 4.24. The lowest BCUT2D eigenvalue weighted by Gasteiger charge is -2.19. The van der Waals surface area contributed by atoms with E-state index in [9.17, 15) is 9.59 Å². The van der Waals surface area contributed by atoms with Crippen LogP contribution in [-0.4, -0.2) is 21.8 Å². The van der Waals surface area contributed by atoms with Gasteiger partial charge in [-0.1, -0.05) is 49.7 Å². The number of fused-ring (bicyclic) bond motifs is 2. The Hall–Kier alpha value is -3.81. The van der Waals surface area contributed by atoms with Gasteiger partial charge in [0.05, 0.1) is 16.7 Å². The van der Waals surface area contributed by atoms with Gasteiger partial charge in [-0.25, -0.2) is 4.79 Å². The van der Waals surface area contributed by atoms with Crippen molar-refractivity contribution in [3.8, 4) is 11.1 Å². The molecular weight excluding hydrogens is 516 g/mol. The summed E-state index contributed by atoms with van der Waals surface area (Å²) < 4.78 is 1.56. The molecule has 5 aromatic rings. The lowest BCUT2D eigenvalue weighted by atomic mass is 9.94. The second-order valence-electron chi connectivity index (χ2n) is 9.32. The molecule has 8 heteroatoms. The Kier molecular flexibility index (Phi) is 7.15. The minimum atomic E-state index is -0.526. The highest BCUT2D eigenvalue weighted by molar-refractivity contribution is 7.98. The maximum atomic E-state index is 13.7. The Bertz CT molecular complexity index is 1760. The van der Waals surface area contributed by atoms with Gasteiger partial charge < -0.3 is 15.2 Å². The van der Waals surface area contributed by atoms with Crippen LogP contribution in [0.4, 0.5) is 16.2 Å². The molecule has 0 radical (unpaired) electrons. The van der Waals surface area contributed by atoms with Crippen molar-refractivity contribution >= 4 is 62.6 Å². The van der Waals surface area contributed by atoms with E-state index in [0.29, 0.717) is 21.8 Å². The van der Waals surface area contributed by atoms with E-state index in [2.05, 4.69) is 35.5 Å². The number of pyridine rings is 2. The Balaban J connectivity index is 1.69. The molecule has 0 aliphatic rings. The van der Waals surface area contributed by atoms with E-state index < -0.39 is 6.03 Å².